The third-order valence-electron chi connectivity index (χ3n) is 5.42. The molecule has 0 saturated carbocycles. The van der Waals surface area contributed by atoms with Crippen LogP contribution in [0.25, 0.3) is 10.2 Å². The predicted octanol–water partition coefficient (Wildman–Crippen LogP) is 5.05. The van der Waals surface area contributed by atoms with Gasteiger partial charge in [0.25, 0.3) is 5.91 Å². The Labute approximate surface area is 168 Å². The van der Waals surface area contributed by atoms with Crippen molar-refractivity contribution in [3.05, 3.63) is 82.4 Å². The molecule has 28 heavy (non-hydrogen) atoms. The SMILES string of the molecule is Cc1nn(Cc2ccccc2)c2sc(C(=O)N3c4ccccc4CC3C)cc12. The molecule has 4 nitrogen and oxygen atoms in total. The summed E-state index contributed by atoms with van der Waals surface area (Å²) in [7, 11) is 0. The van der Waals surface area contributed by atoms with Gasteiger partial charge >= 0.3 is 0 Å². The lowest BCUT2D eigenvalue weighted by atomic mass is 10.1. The quantitative estimate of drug-likeness (QED) is 0.494. The topological polar surface area (TPSA) is 38.1 Å². The largest absolute Gasteiger partial charge is 0.304 e. The number of para-hydroxylation sites is 1. The Kier molecular flexibility index (Phi) is 4.05. The molecule has 3 heterocycles. The number of carbonyl (C=O) groups excluding carboxylic acids is 1. The van der Waals surface area contributed by atoms with Crippen LogP contribution in [0.4, 0.5) is 5.69 Å². The summed E-state index contributed by atoms with van der Waals surface area (Å²) in [5.74, 6) is 0.0873. The van der Waals surface area contributed by atoms with Gasteiger partial charge in [-0.3, -0.25) is 9.48 Å². The molecule has 0 N–H and O–H groups in total. The summed E-state index contributed by atoms with van der Waals surface area (Å²) in [5.41, 5.74) is 4.46. The molecule has 1 unspecified atom stereocenters. The zero-order chi connectivity index (χ0) is 19.3. The fourth-order valence-electron chi connectivity index (χ4n) is 4.08. The highest BCUT2D eigenvalue weighted by Gasteiger charge is 2.32. The Morgan fingerprint density at radius 2 is 1.89 bits per heavy atom. The molecular weight excluding hydrogens is 366 g/mol. The maximum Gasteiger partial charge on any atom is 0.268 e. The fraction of sp³-hybridized carbons (Fsp3) is 0.217. The van der Waals surface area contributed by atoms with Crippen molar-refractivity contribution in [1.82, 2.24) is 9.78 Å². The monoisotopic (exact) mass is 387 g/mol. The summed E-state index contributed by atoms with van der Waals surface area (Å²) in [6.45, 7) is 4.84. The van der Waals surface area contributed by atoms with Gasteiger partial charge < -0.3 is 4.90 Å². The van der Waals surface area contributed by atoms with Crippen LogP contribution in [0.1, 0.15) is 33.4 Å². The molecule has 1 aliphatic rings. The molecule has 0 bridgehead atoms. The van der Waals surface area contributed by atoms with Crippen LogP contribution in [0.3, 0.4) is 0 Å². The molecule has 4 aromatic rings. The van der Waals surface area contributed by atoms with E-state index < -0.39 is 0 Å². The molecule has 0 saturated heterocycles. The molecule has 0 fully saturated rings. The van der Waals surface area contributed by atoms with Crippen molar-refractivity contribution in [2.24, 2.45) is 0 Å². The summed E-state index contributed by atoms with van der Waals surface area (Å²) in [5, 5.41) is 5.77. The first-order valence-electron chi connectivity index (χ1n) is 9.54. The first-order chi connectivity index (χ1) is 13.6. The molecule has 5 heteroatoms. The normalized spacial score (nSPS) is 15.9. The number of carbonyl (C=O) groups is 1. The van der Waals surface area contributed by atoms with Gasteiger partial charge in [-0.05, 0) is 43.5 Å². The van der Waals surface area contributed by atoms with E-state index in [9.17, 15) is 4.79 Å². The second kappa shape index (κ2) is 6.60. The van der Waals surface area contributed by atoms with Crippen molar-refractivity contribution in [2.75, 3.05) is 4.90 Å². The second-order valence-corrected chi connectivity index (χ2v) is 8.45. The molecule has 2 aromatic carbocycles. The molecule has 140 valence electrons. The van der Waals surface area contributed by atoms with E-state index in [0.29, 0.717) is 6.54 Å². The average Bonchev–Trinajstić information content (AvgIpc) is 3.35. The van der Waals surface area contributed by atoms with Gasteiger partial charge in [0.15, 0.2) is 0 Å². The summed E-state index contributed by atoms with van der Waals surface area (Å²) in [6.07, 6.45) is 0.910. The number of fused-ring (bicyclic) bond motifs is 2. The average molecular weight is 388 g/mol. The number of rotatable bonds is 3. The minimum Gasteiger partial charge on any atom is -0.304 e. The molecule has 0 spiro atoms. The number of anilines is 1. The number of aromatic nitrogens is 2. The van der Waals surface area contributed by atoms with E-state index in [4.69, 9.17) is 5.10 Å². The molecular formula is C23H21N3OS. The van der Waals surface area contributed by atoms with Gasteiger partial charge in [-0.25, -0.2) is 0 Å². The maximum absolute atomic E-state index is 13.4. The van der Waals surface area contributed by atoms with Crippen LogP contribution >= 0.6 is 11.3 Å². The van der Waals surface area contributed by atoms with Gasteiger partial charge in [-0.15, -0.1) is 11.3 Å². The lowest BCUT2D eigenvalue weighted by molar-refractivity contribution is 0.0985. The highest BCUT2D eigenvalue weighted by Crippen LogP contribution is 2.36. The van der Waals surface area contributed by atoms with Crippen molar-refractivity contribution in [2.45, 2.75) is 32.9 Å². The third-order valence-corrected chi connectivity index (χ3v) is 6.56. The second-order valence-electron chi connectivity index (χ2n) is 7.42. The van der Waals surface area contributed by atoms with Crippen molar-refractivity contribution >= 4 is 33.1 Å². The van der Waals surface area contributed by atoms with E-state index in [1.165, 1.54) is 11.1 Å². The zero-order valence-corrected chi connectivity index (χ0v) is 16.7. The van der Waals surface area contributed by atoms with Crippen molar-refractivity contribution < 1.29 is 4.79 Å². The molecule has 5 rings (SSSR count). The molecule has 1 amide bonds. The van der Waals surface area contributed by atoms with Crippen molar-refractivity contribution in [1.29, 1.82) is 0 Å². The molecule has 0 radical (unpaired) electrons. The van der Waals surface area contributed by atoms with Gasteiger partial charge in [-0.2, -0.15) is 5.10 Å². The van der Waals surface area contributed by atoms with Crippen LogP contribution < -0.4 is 4.90 Å². The number of nitrogens with zero attached hydrogens (tertiary/aromatic N) is 3. The maximum atomic E-state index is 13.4. The van der Waals surface area contributed by atoms with Gasteiger partial charge in [0, 0.05) is 17.1 Å². The number of hydrogen-bond acceptors (Lipinski definition) is 3. The number of aryl methyl sites for hydroxylation is 1. The van der Waals surface area contributed by atoms with Crippen LogP contribution in [0.5, 0.6) is 0 Å². The minimum atomic E-state index is 0.0873. The van der Waals surface area contributed by atoms with Crippen LogP contribution in [0, 0.1) is 6.92 Å². The van der Waals surface area contributed by atoms with E-state index in [1.54, 1.807) is 11.3 Å². The summed E-state index contributed by atoms with van der Waals surface area (Å²) in [6, 6.07) is 20.7. The van der Waals surface area contributed by atoms with E-state index in [2.05, 4.69) is 25.1 Å². The van der Waals surface area contributed by atoms with Gasteiger partial charge in [-0.1, -0.05) is 48.5 Å². The Morgan fingerprint density at radius 3 is 2.71 bits per heavy atom. The van der Waals surface area contributed by atoms with E-state index >= 15 is 0 Å². The van der Waals surface area contributed by atoms with Crippen molar-refractivity contribution in [3.63, 3.8) is 0 Å². The zero-order valence-electron chi connectivity index (χ0n) is 15.9. The van der Waals surface area contributed by atoms with E-state index in [0.717, 1.165) is 32.9 Å². The third kappa shape index (κ3) is 2.74. The summed E-state index contributed by atoms with van der Waals surface area (Å²) in [4.78, 5) is 17.2. The Hall–Kier alpha value is -2.92. The highest BCUT2D eigenvalue weighted by molar-refractivity contribution is 7.20. The number of hydrogen-bond donors (Lipinski definition) is 0. The number of benzene rings is 2. The first kappa shape index (κ1) is 17.2. The van der Waals surface area contributed by atoms with Crippen molar-refractivity contribution in [3.8, 4) is 0 Å². The van der Waals surface area contributed by atoms with Crippen LogP contribution in [0.15, 0.2) is 60.7 Å². The fourth-order valence-corrected chi connectivity index (χ4v) is 5.17. The van der Waals surface area contributed by atoms with Crippen LogP contribution in [-0.2, 0) is 13.0 Å². The summed E-state index contributed by atoms with van der Waals surface area (Å²) >= 11 is 1.54. The molecule has 2 aromatic heterocycles. The van der Waals surface area contributed by atoms with E-state index in [-0.39, 0.29) is 11.9 Å². The Morgan fingerprint density at radius 1 is 1.14 bits per heavy atom. The Balaban J connectivity index is 1.52. The lowest BCUT2D eigenvalue weighted by Crippen LogP contribution is -2.35. The molecule has 1 atom stereocenters. The van der Waals surface area contributed by atoms with Crippen LogP contribution in [-0.4, -0.2) is 21.7 Å². The lowest BCUT2D eigenvalue weighted by Gasteiger charge is -2.21. The predicted molar refractivity (Wildman–Crippen MR) is 114 cm³/mol. The minimum absolute atomic E-state index is 0.0873. The van der Waals surface area contributed by atoms with Gasteiger partial charge in [0.1, 0.15) is 4.83 Å². The standard InChI is InChI=1S/C23H21N3OS/c1-15-12-18-10-6-7-11-20(18)26(15)22(27)21-13-19-16(2)24-25(23(19)28-21)14-17-8-4-3-5-9-17/h3-11,13,15H,12,14H2,1-2H3. The first-order valence-corrected chi connectivity index (χ1v) is 10.4. The van der Waals surface area contributed by atoms with Gasteiger partial charge in [0.05, 0.1) is 17.1 Å². The smallest absolute Gasteiger partial charge is 0.268 e. The van der Waals surface area contributed by atoms with Gasteiger partial charge in [0.2, 0.25) is 0 Å². The van der Waals surface area contributed by atoms with Crippen LogP contribution in [0.2, 0.25) is 0 Å². The Bertz CT molecular complexity index is 1180. The van der Waals surface area contributed by atoms with E-state index in [1.807, 2.05) is 59.0 Å². The molecule has 1 aliphatic heterocycles. The molecule has 0 aliphatic carbocycles. The summed E-state index contributed by atoms with van der Waals surface area (Å²) < 4.78 is 2.02. The number of thiophene rings is 1. The highest BCUT2D eigenvalue weighted by atomic mass is 32.1. The number of amides is 1.